The molecule has 0 aliphatic heterocycles. The molecule has 0 saturated carbocycles. The first-order valence-corrected chi connectivity index (χ1v) is 6.44. The van der Waals surface area contributed by atoms with E-state index in [0.717, 1.165) is 11.1 Å². The third-order valence-electron chi connectivity index (χ3n) is 3.18. The van der Waals surface area contributed by atoms with Crippen LogP contribution in [-0.4, -0.2) is 15.2 Å². The highest BCUT2D eigenvalue weighted by Gasteiger charge is 2.12. The Morgan fingerprint density at radius 1 is 1.05 bits per heavy atom. The Kier molecular flexibility index (Phi) is 3.17. The summed E-state index contributed by atoms with van der Waals surface area (Å²) in [7, 11) is 0. The topological polar surface area (TPSA) is 59.2 Å². The van der Waals surface area contributed by atoms with Crippen LogP contribution < -0.4 is 0 Å². The fourth-order valence-electron chi connectivity index (χ4n) is 2.07. The fourth-order valence-corrected chi connectivity index (χ4v) is 2.07. The average Bonchev–Trinajstić information content (AvgIpc) is 2.90. The van der Waals surface area contributed by atoms with Crippen molar-refractivity contribution in [2.45, 2.75) is 13.8 Å². The van der Waals surface area contributed by atoms with E-state index in [-0.39, 0.29) is 17.5 Å². The van der Waals surface area contributed by atoms with Crippen LogP contribution in [0.15, 0.2) is 40.9 Å². The van der Waals surface area contributed by atoms with Crippen LogP contribution in [0.5, 0.6) is 5.75 Å². The lowest BCUT2D eigenvalue weighted by Gasteiger charge is -1.99. The molecule has 21 heavy (non-hydrogen) atoms. The molecule has 0 amide bonds. The number of halogens is 1. The van der Waals surface area contributed by atoms with Crippen molar-refractivity contribution in [3.8, 4) is 28.6 Å². The number of hydrogen-bond donors (Lipinski definition) is 1. The maximum Gasteiger partial charge on any atom is 0.258 e. The second-order valence-corrected chi connectivity index (χ2v) is 4.94. The zero-order chi connectivity index (χ0) is 15.0. The van der Waals surface area contributed by atoms with E-state index in [9.17, 15) is 9.50 Å². The standard InChI is InChI=1S/C16H13FN2O2/c1-9-5-12(7-13(17)6-9)15-18-16(21-19-15)11-4-3-10(2)14(20)8-11/h3-8,20H,1-2H3. The summed E-state index contributed by atoms with van der Waals surface area (Å²) in [6.07, 6.45) is 0. The largest absolute Gasteiger partial charge is 0.508 e. The Morgan fingerprint density at radius 3 is 2.57 bits per heavy atom. The van der Waals surface area contributed by atoms with Gasteiger partial charge in [-0.25, -0.2) is 4.39 Å². The molecule has 0 fully saturated rings. The van der Waals surface area contributed by atoms with Gasteiger partial charge in [-0.3, -0.25) is 0 Å². The number of phenols is 1. The predicted octanol–water partition coefficient (Wildman–Crippen LogP) is 3.87. The van der Waals surface area contributed by atoms with Gasteiger partial charge in [0.15, 0.2) is 0 Å². The highest BCUT2D eigenvalue weighted by atomic mass is 19.1. The molecule has 0 unspecified atom stereocenters. The molecule has 2 aromatic carbocycles. The maximum absolute atomic E-state index is 13.4. The van der Waals surface area contributed by atoms with Gasteiger partial charge in [-0.2, -0.15) is 4.98 Å². The quantitative estimate of drug-likeness (QED) is 0.776. The van der Waals surface area contributed by atoms with Gasteiger partial charge in [0, 0.05) is 11.1 Å². The molecule has 0 radical (unpaired) electrons. The molecule has 1 N–H and O–H groups in total. The number of benzene rings is 2. The van der Waals surface area contributed by atoms with Crippen LogP contribution in [0.25, 0.3) is 22.8 Å². The summed E-state index contributed by atoms with van der Waals surface area (Å²) in [6.45, 7) is 3.60. The molecule has 0 atom stereocenters. The molecule has 5 heteroatoms. The number of aromatic nitrogens is 2. The smallest absolute Gasteiger partial charge is 0.258 e. The van der Waals surface area contributed by atoms with Crippen molar-refractivity contribution in [1.82, 2.24) is 10.1 Å². The fraction of sp³-hybridized carbons (Fsp3) is 0.125. The zero-order valence-electron chi connectivity index (χ0n) is 11.6. The molecule has 0 bridgehead atoms. The Bertz CT molecular complexity index is 792. The van der Waals surface area contributed by atoms with E-state index in [2.05, 4.69) is 10.1 Å². The van der Waals surface area contributed by atoms with Gasteiger partial charge < -0.3 is 9.63 Å². The van der Waals surface area contributed by atoms with E-state index in [4.69, 9.17) is 4.52 Å². The summed E-state index contributed by atoms with van der Waals surface area (Å²) in [5.74, 6) is 0.410. The first-order chi connectivity index (χ1) is 10.0. The Morgan fingerprint density at radius 2 is 1.86 bits per heavy atom. The SMILES string of the molecule is Cc1cc(F)cc(-c2noc(-c3ccc(C)c(O)c3)n2)c1. The summed E-state index contributed by atoms with van der Waals surface area (Å²) in [5.41, 5.74) is 2.72. The van der Waals surface area contributed by atoms with Crippen LogP contribution in [0.2, 0.25) is 0 Å². The highest BCUT2D eigenvalue weighted by molar-refractivity contribution is 5.62. The molecular weight excluding hydrogens is 271 g/mol. The number of phenolic OH excluding ortho intramolecular Hbond substituents is 1. The van der Waals surface area contributed by atoms with E-state index in [1.165, 1.54) is 12.1 Å². The molecule has 0 spiro atoms. The number of aryl methyl sites for hydroxylation is 2. The molecule has 4 nitrogen and oxygen atoms in total. The lowest BCUT2D eigenvalue weighted by Crippen LogP contribution is -1.85. The third-order valence-corrected chi connectivity index (χ3v) is 3.18. The molecule has 0 aliphatic carbocycles. The first-order valence-electron chi connectivity index (χ1n) is 6.44. The van der Waals surface area contributed by atoms with E-state index >= 15 is 0 Å². The van der Waals surface area contributed by atoms with E-state index < -0.39 is 0 Å². The molecular formula is C16H13FN2O2. The maximum atomic E-state index is 13.4. The lowest BCUT2D eigenvalue weighted by atomic mass is 10.1. The third kappa shape index (κ3) is 2.63. The van der Waals surface area contributed by atoms with Crippen molar-refractivity contribution in [2.75, 3.05) is 0 Å². The van der Waals surface area contributed by atoms with Gasteiger partial charge in [0.1, 0.15) is 11.6 Å². The van der Waals surface area contributed by atoms with Crippen molar-refractivity contribution in [1.29, 1.82) is 0 Å². The van der Waals surface area contributed by atoms with Crippen molar-refractivity contribution < 1.29 is 14.0 Å². The van der Waals surface area contributed by atoms with E-state index in [0.29, 0.717) is 17.0 Å². The van der Waals surface area contributed by atoms with Crippen LogP contribution >= 0.6 is 0 Å². The van der Waals surface area contributed by atoms with E-state index in [1.54, 1.807) is 38.1 Å². The van der Waals surface area contributed by atoms with Crippen LogP contribution in [-0.2, 0) is 0 Å². The van der Waals surface area contributed by atoms with Gasteiger partial charge >= 0.3 is 0 Å². The summed E-state index contributed by atoms with van der Waals surface area (Å²) >= 11 is 0. The van der Waals surface area contributed by atoms with Gasteiger partial charge in [-0.1, -0.05) is 11.2 Å². The summed E-state index contributed by atoms with van der Waals surface area (Å²) in [4.78, 5) is 4.25. The van der Waals surface area contributed by atoms with Crippen LogP contribution in [0.1, 0.15) is 11.1 Å². The molecule has 1 heterocycles. The van der Waals surface area contributed by atoms with Crippen LogP contribution in [0, 0.1) is 19.7 Å². The van der Waals surface area contributed by atoms with Crippen LogP contribution in [0.4, 0.5) is 4.39 Å². The minimum absolute atomic E-state index is 0.161. The Labute approximate surface area is 120 Å². The zero-order valence-corrected chi connectivity index (χ0v) is 11.6. The van der Waals surface area contributed by atoms with Crippen molar-refractivity contribution >= 4 is 0 Å². The first kappa shape index (κ1) is 13.3. The monoisotopic (exact) mass is 284 g/mol. The van der Waals surface area contributed by atoms with Crippen molar-refractivity contribution in [3.63, 3.8) is 0 Å². The number of nitrogens with zero attached hydrogens (tertiary/aromatic N) is 2. The van der Waals surface area contributed by atoms with Gasteiger partial charge in [-0.15, -0.1) is 0 Å². The van der Waals surface area contributed by atoms with Gasteiger partial charge in [-0.05, 0) is 55.3 Å². The normalized spacial score (nSPS) is 10.8. The average molecular weight is 284 g/mol. The Hall–Kier alpha value is -2.69. The van der Waals surface area contributed by atoms with Gasteiger partial charge in [0.05, 0.1) is 0 Å². The minimum Gasteiger partial charge on any atom is -0.508 e. The molecule has 1 aromatic heterocycles. The number of rotatable bonds is 2. The molecule has 0 aliphatic rings. The molecule has 3 rings (SSSR count). The second kappa shape index (κ2) is 5.01. The van der Waals surface area contributed by atoms with Crippen molar-refractivity contribution in [2.24, 2.45) is 0 Å². The molecule has 0 saturated heterocycles. The van der Waals surface area contributed by atoms with Crippen LogP contribution in [0.3, 0.4) is 0 Å². The van der Waals surface area contributed by atoms with Gasteiger partial charge in [0.2, 0.25) is 5.82 Å². The summed E-state index contributed by atoms with van der Waals surface area (Å²) in [5, 5.41) is 13.6. The number of hydrogen-bond acceptors (Lipinski definition) is 4. The minimum atomic E-state index is -0.343. The summed E-state index contributed by atoms with van der Waals surface area (Å²) < 4.78 is 18.6. The van der Waals surface area contributed by atoms with Gasteiger partial charge in [0.25, 0.3) is 5.89 Å². The molecule has 106 valence electrons. The Balaban J connectivity index is 2.01. The summed E-state index contributed by atoms with van der Waals surface area (Å²) in [6, 6.07) is 9.68. The highest BCUT2D eigenvalue weighted by Crippen LogP contribution is 2.27. The second-order valence-electron chi connectivity index (χ2n) is 4.94. The van der Waals surface area contributed by atoms with E-state index in [1.807, 2.05) is 0 Å². The lowest BCUT2D eigenvalue weighted by molar-refractivity contribution is 0.431. The number of aromatic hydroxyl groups is 1. The predicted molar refractivity (Wildman–Crippen MR) is 76.3 cm³/mol. The van der Waals surface area contributed by atoms with Crippen molar-refractivity contribution in [3.05, 3.63) is 53.3 Å². The molecule has 3 aromatic rings.